The second-order valence-corrected chi connectivity index (χ2v) is 5.52. The molecule has 1 aliphatic heterocycles. The lowest BCUT2D eigenvalue weighted by molar-refractivity contribution is 0.0735. The average molecular weight is 324 g/mol. The van der Waals surface area contributed by atoms with Crippen LogP contribution in [0, 0.1) is 0 Å². The molecular formula is C19H20N2O3. The zero-order valence-electron chi connectivity index (χ0n) is 13.8. The fourth-order valence-electron chi connectivity index (χ4n) is 2.78. The molecule has 2 aromatic rings. The van der Waals surface area contributed by atoms with Gasteiger partial charge in [0.2, 0.25) is 0 Å². The van der Waals surface area contributed by atoms with Crippen molar-refractivity contribution in [3.05, 3.63) is 66.2 Å². The predicted molar refractivity (Wildman–Crippen MR) is 93.6 cm³/mol. The Hall–Kier alpha value is -2.95. The first kappa shape index (κ1) is 15.9. The summed E-state index contributed by atoms with van der Waals surface area (Å²) < 4.78 is 11.0. The quantitative estimate of drug-likeness (QED) is 0.856. The van der Waals surface area contributed by atoms with Crippen molar-refractivity contribution >= 4 is 11.6 Å². The Morgan fingerprint density at radius 1 is 1.25 bits per heavy atom. The maximum atomic E-state index is 12.6. The van der Waals surface area contributed by atoms with Crippen molar-refractivity contribution in [2.75, 3.05) is 26.1 Å². The summed E-state index contributed by atoms with van der Waals surface area (Å²) in [5.74, 6) is 1.25. The number of nitrogens with one attached hydrogen (secondary N) is 1. The van der Waals surface area contributed by atoms with Crippen molar-refractivity contribution in [1.29, 1.82) is 0 Å². The van der Waals surface area contributed by atoms with Gasteiger partial charge in [0.1, 0.15) is 12.8 Å². The number of hydrogen-bond donors (Lipinski definition) is 1. The Kier molecular flexibility index (Phi) is 4.42. The zero-order chi connectivity index (χ0) is 17.1. The Labute approximate surface area is 141 Å². The number of para-hydroxylation sites is 1. The predicted octanol–water partition coefficient (Wildman–Crippen LogP) is 3.46. The van der Waals surface area contributed by atoms with E-state index < -0.39 is 0 Å². The number of anilines is 1. The number of rotatable bonds is 5. The number of fused-ring (bicyclic) bond motifs is 1. The molecular weight excluding hydrogens is 304 g/mol. The van der Waals surface area contributed by atoms with Crippen molar-refractivity contribution in [2.24, 2.45) is 0 Å². The lowest BCUT2D eigenvalue weighted by Gasteiger charge is -2.35. The van der Waals surface area contributed by atoms with Crippen molar-refractivity contribution in [2.45, 2.75) is 6.17 Å². The molecule has 0 bridgehead atoms. The van der Waals surface area contributed by atoms with Crippen LogP contribution in [0.2, 0.25) is 0 Å². The maximum Gasteiger partial charge on any atom is 0.257 e. The monoisotopic (exact) mass is 324 g/mol. The fourth-order valence-corrected chi connectivity index (χ4v) is 2.78. The van der Waals surface area contributed by atoms with Gasteiger partial charge < -0.3 is 19.7 Å². The minimum absolute atomic E-state index is 0.0136. The van der Waals surface area contributed by atoms with Crippen molar-refractivity contribution in [3.63, 3.8) is 0 Å². The highest BCUT2D eigenvalue weighted by Gasteiger charge is 2.30. The van der Waals surface area contributed by atoms with Crippen LogP contribution in [0.5, 0.6) is 11.5 Å². The Bertz CT molecular complexity index is 773. The Balaban J connectivity index is 1.94. The largest absolute Gasteiger partial charge is 0.493 e. The number of carbonyl (C=O) groups excluding carboxylic acids is 1. The minimum atomic E-state index is -0.269. The molecule has 1 amide bonds. The van der Waals surface area contributed by atoms with Gasteiger partial charge in [-0.3, -0.25) is 4.79 Å². The molecule has 1 aliphatic rings. The van der Waals surface area contributed by atoms with Crippen LogP contribution in [0.1, 0.15) is 22.1 Å². The molecule has 24 heavy (non-hydrogen) atoms. The number of nitrogens with zero attached hydrogens (tertiary/aromatic N) is 1. The zero-order valence-corrected chi connectivity index (χ0v) is 13.8. The standard InChI is InChI=1S/C19H20N2O3/c1-4-11-24-16-10-9-13(12-17(16)23-3)18-20-15-8-6-5-7-14(15)19(22)21(18)2/h4-10,12,18,20H,1,11H2,2-3H3. The van der Waals surface area contributed by atoms with E-state index in [4.69, 9.17) is 9.47 Å². The van der Waals surface area contributed by atoms with E-state index >= 15 is 0 Å². The molecule has 0 aliphatic carbocycles. The van der Waals surface area contributed by atoms with Gasteiger partial charge in [-0.25, -0.2) is 0 Å². The number of benzene rings is 2. The molecule has 0 radical (unpaired) electrons. The third-order valence-electron chi connectivity index (χ3n) is 4.02. The average Bonchev–Trinajstić information content (AvgIpc) is 2.63. The lowest BCUT2D eigenvalue weighted by atomic mass is 10.0. The third-order valence-corrected chi connectivity index (χ3v) is 4.02. The smallest absolute Gasteiger partial charge is 0.257 e. The summed E-state index contributed by atoms with van der Waals surface area (Å²) in [5, 5.41) is 3.40. The van der Waals surface area contributed by atoms with Gasteiger partial charge in [0.05, 0.1) is 12.7 Å². The van der Waals surface area contributed by atoms with E-state index in [9.17, 15) is 4.79 Å². The molecule has 5 nitrogen and oxygen atoms in total. The van der Waals surface area contributed by atoms with Crippen LogP contribution < -0.4 is 14.8 Å². The van der Waals surface area contributed by atoms with E-state index in [2.05, 4.69) is 11.9 Å². The number of ether oxygens (including phenoxy) is 2. The van der Waals surface area contributed by atoms with Gasteiger partial charge >= 0.3 is 0 Å². The van der Waals surface area contributed by atoms with E-state index in [0.29, 0.717) is 23.7 Å². The normalized spacial score (nSPS) is 16.2. The summed E-state index contributed by atoms with van der Waals surface area (Å²) in [6, 6.07) is 13.2. The number of hydrogen-bond acceptors (Lipinski definition) is 4. The minimum Gasteiger partial charge on any atom is -0.493 e. The van der Waals surface area contributed by atoms with E-state index in [1.54, 1.807) is 25.1 Å². The molecule has 0 aromatic heterocycles. The summed E-state index contributed by atoms with van der Waals surface area (Å²) in [6.45, 7) is 4.05. The first-order chi connectivity index (χ1) is 11.7. The highest BCUT2D eigenvalue weighted by molar-refractivity contribution is 6.01. The second-order valence-electron chi connectivity index (χ2n) is 5.52. The molecule has 1 N–H and O–H groups in total. The van der Waals surface area contributed by atoms with Crippen LogP contribution in [0.3, 0.4) is 0 Å². The maximum absolute atomic E-state index is 12.6. The van der Waals surface area contributed by atoms with Gasteiger partial charge in [0.25, 0.3) is 5.91 Å². The molecule has 0 saturated heterocycles. The van der Waals surface area contributed by atoms with Gasteiger partial charge in [-0.05, 0) is 29.8 Å². The van der Waals surface area contributed by atoms with Gasteiger partial charge in [-0.1, -0.05) is 30.9 Å². The fraction of sp³-hybridized carbons (Fsp3) is 0.211. The van der Waals surface area contributed by atoms with Crippen molar-refractivity contribution in [1.82, 2.24) is 4.90 Å². The van der Waals surface area contributed by atoms with Crippen LogP contribution in [0.4, 0.5) is 5.69 Å². The topological polar surface area (TPSA) is 50.8 Å². The summed E-state index contributed by atoms with van der Waals surface area (Å²) in [5.41, 5.74) is 2.42. The summed E-state index contributed by atoms with van der Waals surface area (Å²) in [6.07, 6.45) is 1.41. The SMILES string of the molecule is C=CCOc1ccc(C2Nc3ccccc3C(=O)N2C)cc1OC. The van der Waals surface area contributed by atoms with Crippen LogP contribution in [0.25, 0.3) is 0 Å². The molecule has 124 valence electrons. The highest BCUT2D eigenvalue weighted by Crippen LogP contribution is 2.36. The summed E-state index contributed by atoms with van der Waals surface area (Å²) in [4.78, 5) is 14.3. The lowest BCUT2D eigenvalue weighted by Crippen LogP contribution is -2.40. The highest BCUT2D eigenvalue weighted by atomic mass is 16.5. The van der Waals surface area contributed by atoms with Gasteiger partial charge in [-0.15, -0.1) is 0 Å². The first-order valence-corrected chi connectivity index (χ1v) is 7.70. The van der Waals surface area contributed by atoms with Gasteiger partial charge in [0.15, 0.2) is 11.5 Å². The number of carbonyl (C=O) groups is 1. The molecule has 2 aromatic carbocycles. The van der Waals surface area contributed by atoms with Gasteiger partial charge in [-0.2, -0.15) is 0 Å². The van der Waals surface area contributed by atoms with Crippen LogP contribution >= 0.6 is 0 Å². The third kappa shape index (κ3) is 2.80. The van der Waals surface area contributed by atoms with E-state index in [1.165, 1.54) is 0 Å². The Morgan fingerprint density at radius 2 is 2.04 bits per heavy atom. The van der Waals surface area contributed by atoms with Crippen LogP contribution in [-0.4, -0.2) is 31.6 Å². The van der Waals surface area contributed by atoms with E-state index in [1.807, 2.05) is 42.5 Å². The summed E-state index contributed by atoms with van der Waals surface area (Å²) in [7, 11) is 3.38. The molecule has 1 heterocycles. The summed E-state index contributed by atoms with van der Waals surface area (Å²) >= 11 is 0. The second kappa shape index (κ2) is 6.66. The van der Waals surface area contributed by atoms with E-state index in [0.717, 1.165) is 11.3 Å². The molecule has 5 heteroatoms. The van der Waals surface area contributed by atoms with Gasteiger partial charge in [0, 0.05) is 12.7 Å². The molecule has 0 spiro atoms. The van der Waals surface area contributed by atoms with E-state index in [-0.39, 0.29) is 12.1 Å². The van der Waals surface area contributed by atoms with Crippen molar-refractivity contribution in [3.8, 4) is 11.5 Å². The molecule has 3 rings (SSSR count). The number of methoxy groups -OCH3 is 1. The van der Waals surface area contributed by atoms with Crippen LogP contribution in [0.15, 0.2) is 55.1 Å². The first-order valence-electron chi connectivity index (χ1n) is 7.70. The molecule has 0 fully saturated rings. The number of amides is 1. The Morgan fingerprint density at radius 3 is 2.79 bits per heavy atom. The molecule has 1 atom stereocenters. The van der Waals surface area contributed by atoms with Crippen LogP contribution in [-0.2, 0) is 0 Å². The molecule has 0 saturated carbocycles. The molecule has 1 unspecified atom stereocenters. The van der Waals surface area contributed by atoms with Crippen molar-refractivity contribution < 1.29 is 14.3 Å².